The summed E-state index contributed by atoms with van der Waals surface area (Å²) in [7, 11) is 4.03. The fourth-order valence-electron chi connectivity index (χ4n) is 8.13. The second kappa shape index (κ2) is 11.0. The van der Waals surface area contributed by atoms with Crippen LogP contribution in [0.25, 0.3) is 28.3 Å². The van der Waals surface area contributed by atoms with Crippen molar-refractivity contribution in [3.63, 3.8) is 0 Å². The van der Waals surface area contributed by atoms with Crippen molar-refractivity contribution in [1.29, 1.82) is 0 Å². The molecule has 218 valence electrons. The third-order valence-corrected chi connectivity index (χ3v) is 10.1. The SMILES string of the molecule is CNc1ccc2c(c1)C(C(c1ccccc1)(c1ccccc1)C1C=Cc3c(-c4ccccc4)cccc31)c1cc(NC)ccc1-2. The molecule has 0 bridgehead atoms. The Morgan fingerprint density at radius 3 is 1.56 bits per heavy atom. The van der Waals surface area contributed by atoms with E-state index in [0.29, 0.717) is 0 Å². The number of hydrogen-bond donors (Lipinski definition) is 2. The molecular weight excluding hydrogens is 544 g/mol. The zero-order valence-electron chi connectivity index (χ0n) is 25.7. The van der Waals surface area contributed by atoms with E-state index in [1.807, 2.05) is 14.1 Å². The van der Waals surface area contributed by atoms with Gasteiger partial charge in [0.2, 0.25) is 0 Å². The summed E-state index contributed by atoms with van der Waals surface area (Å²) in [5.74, 6) is 0.135. The summed E-state index contributed by atoms with van der Waals surface area (Å²) in [6.45, 7) is 0. The second-order valence-electron chi connectivity index (χ2n) is 12.1. The fourth-order valence-corrected chi connectivity index (χ4v) is 8.13. The summed E-state index contributed by atoms with van der Waals surface area (Å²) in [5, 5.41) is 6.88. The number of benzene rings is 6. The largest absolute Gasteiger partial charge is 0.388 e. The summed E-state index contributed by atoms with van der Waals surface area (Å²) in [4.78, 5) is 0. The van der Waals surface area contributed by atoms with E-state index in [2.05, 4.69) is 168 Å². The standard InChI is InChI=1S/C43H36N2/c1-44-32-21-23-36-37-24-22-33(45-2)28-40(37)42(39(36)27-32)43(30-15-8-4-9-16-30,31-17-10-5-11-18-31)41-26-25-35-34(19-12-20-38(35)41)29-13-6-3-7-14-29/h3-28,41-42,44-45H,1-2H3. The molecule has 6 aromatic carbocycles. The number of rotatable bonds is 7. The van der Waals surface area contributed by atoms with Crippen LogP contribution in [0.2, 0.25) is 0 Å². The molecular formula is C43H36N2. The van der Waals surface area contributed by atoms with Crippen LogP contribution in [0, 0.1) is 0 Å². The van der Waals surface area contributed by atoms with Crippen LogP contribution in [0.15, 0.2) is 152 Å². The van der Waals surface area contributed by atoms with E-state index < -0.39 is 5.41 Å². The van der Waals surface area contributed by atoms with Gasteiger partial charge in [-0.15, -0.1) is 0 Å². The molecule has 0 radical (unpaired) electrons. The van der Waals surface area contributed by atoms with Gasteiger partial charge in [-0.05, 0) is 79.9 Å². The van der Waals surface area contributed by atoms with Gasteiger partial charge in [-0.25, -0.2) is 0 Å². The minimum Gasteiger partial charge on any atom is -0.388 e. The van der Waals surface area contributed by atoms with Gasteiger partial charge in [-0.2, -0.15) is 0 Å². The van der Waals surface area contributed by atoms with E-state index >= 15 is 0 Å². The van der Waals surface area contributed by atoms with Crippen molar-refractivity contribution in [2.75, 3.05) is 24.7 Å². The number of allylic oxidation sites excluding steroid dienone is 1. The minimum atomic E-state index is -0.446. The molecule has 8 rings (SSSR count). The van der Waals surface area contributed by atoms with Crippen LogP contribution < -0.4 is 10.6 Å². The first-order chi connectivity index (χ1) is 22.2. The molecule has 0 amide bonds. The topological polar surface area (TPSA) is 24.1 Å². The molecule has 0 fully saturated rings. The summed E-state index contributed by atoms with van der Waals surface area (Å²) >= 11 is 0. The quantitative estimate of drug-likeness (QED) is 0.196. The zero-order valence-corrected chi connectivity index (χ0v) is 25.7. The lowest BCUT2D eigenvalue weighted by Crippen LogP contribution is -2.40. The molecule has 0 spiro atoms. The van der Waals surface area contributed by atoms with Gasteiger partial charge in [-0.1, -0.05) is 133 Å². The maximum Gasteiger partial charge on any atom is 0.0415 e. The Balaban J connectivity index is 1.49. The van der Waals surface area contributed by atoms with Gasteiger partial charge >= 0.3 is 0 Å². The summed E-state index contributed by atoms with van der Waals surface area (Å²) in [6, 6.07) is 54.0. The van der Waals surface area contributed by atoms with Gasteiger partial charge in [-0.3, -0.25) is 0 Å². The Morgan fingerprint density at radius 2 is 1.02 bits per heavy atom. The van der Waals surface area contributed by atoms with E-state index in [0.717, 1.165) is 11.4 Å². The van der Waals surface area contributed by atoms with Crippen molar-refractivity contribution in [2.24, 2.45) is 0 Å². The Bertz CT molecular complexity index is 1930. The van der Waals surface area contributed by atoms with Gasteiger partial charge in [0.25, 0.3) is 0 Å². The highest BCUT2D eigenvalue weighted by atomic mass is 14.8. The second-order valence-corrected chi connectivity index (χ2v) is 12.1. The van der Waals surface area contributed by atoms with Crippen LogP contribution in [0.1, 0.15) is 45.2 Å². The summed E-state index contributed by atoms with van der Waals surface area (Å²) < 4.78 is 0. The van der Waals surface area contributed by atoms with Gasteiger partial charge in [0, 0.05) is 42.7 Å². The van der Waals surface area contributed by atoms with Crippen LogP contribution in [-0.4, -0.2) is 14.1 Å². The smallest absolute Gasteiger partial charge is 0.0415 e. The minimum absolute atomic E-state index is 0.0508. The molecule has 45 heavy (non-hydrogen) atoms. The first-order valence-electron chi connectivity index (χ1n) is 15.9. The molecule has 0 saturated heterocycles. The first-order valence-corrected chi connectivity index (χ1v) is 15.9. The van der Waals surface area contributed by atoms with Crippen LogP contribution in [-0.2, 0) is 5.41 Å². The molecule has 0 heterocycles. The van der Waals surface area contributed by atoms with E-state index in [1.165, 1.54) is 55.6 Å². The van der Waals surface area contributed by atoms with Gasteiger partial charge in [0.15, 0.2) is 0 Å². The van der Waals surface area contributed by atoms with Gasteiger partial charge < -0.3 is 10.6 Å². The predicted octanol–water partition coefficient (Wildman–Crippen LogP) is 10.3. The lowest BCUT2D eigenvalue weighted by molar-refractivity contribution is 0.417. The third kappa shape index (κ3) is 4.17. The lowest BCUT2D eigenvalue weighted by Gasteiger charge is -2.46. The molecule has 1 atom stereocenters. The van der Waals surface area contributed by atoms with Crippen LogP contribution >= 0.6 is 0 Å². The Hall–Kier alpha value is -5.34. The highest BCUT2D eigenvalue weighted by molar-refractivity contribution is 5.86. The van der Waals surface area contributed by atoms with Gasteiger partial charge in [0.1, 0.15) is 0 Å². The van der Waals surface area contributed by atoms with Gasteiger partial charge in [0.05, 0.1) is 0 Å². The third-order valence-electron chi connectivity index (χ3n) is 10.1. The molecule has 0 aliphatic heterocycles. The molecule has 2 aliphatic rings. The van der Waals surface area contributed by atoms with Crippen LogP contribution in [0.5, 0.6) is 0 Å². The summed E-state index contributed by atoms with van der Waals surface area (Å²) in [5.41, 5.74) is 15.0. The number of fused-ring (bicyclic) bond motifs is 4. The Labute approximate surface area is 266 Å². The molecule has 0 aromatic heterocycles. The van der Waals surface area contributed by atoms with Crippen molar-refractivity contribution in [1.82, 2.24) is 0 Å². The first kappa shape index (κ1) is 27.2. The monoisotopic (exact) mass is 580 g/mol. The molecule has 2 heteroatoms. The highest BCUT2D eigenvalue weighted by Gasteiger charge is 2.53. The Morgan fingerprint density at radius 1 is 0.489 bits per heavy atom. The van der Waals surface area contributed by atoms with E-state index in [1.54, 1.807) is 0 Å². The maximum atomic E-state index is 3.44. The highest BCUT2D eigenvalue weighted by Crippen LogP contribution is 2.63. The number of hydrogen-bond acceptors (Lipinski definition) is 2. The Kier molecular flexibility index (Phi) is 6.64. The van der Waals surface area contributed by atoms with Crippen LogP contribution in [0.4, 0.5) is 11.4 Å². The summed E-state index contributed by atoms with van der Waals surface area (Å²) in [6.07, 6.45) is 4.87. The zero-order chi connectivity index (χ0) is 30.4. The lowest BCUT2D eigenvalue weighted by atomic mass is 9.55. The predicted molar refractivity (Wildman–Crippen MR) is 190 cm³/mol. The molecule has 2 nitrogen and oxygen atoms in total. The average molecular weight is 581 g/mol. The molecule has 0 saturated carbocycles. The molecule has 2 N–H and O–H groups in total. The van der Waals surface area contributed by atoms with E-state index in [9.17, 15) is 0 Å². The van der Waals surface area contributed by atoms with Crippen molar-refractivity contribution < 1.29 is 0 Å². The normalized spacial score (nSPS) is 14.9. The van der Waals surface area contributed by atoms with Crippen molar-refractivity contribution in [3.05, 3.63) is 185 Å². The molecule has 6 aromatic rings. The van der Waals surface area contributed by atoms with Crippen molar-refractivity contribution >= 4 is 17.5 Å². The van der Waals surface area contributed by atoms with E-state index in [4.69, 9.17) is 0 Å². The van der Waals surface area contributed by atoms with Crippen molar-refractivity contribution in [3.8, 4) is 22.3 Å². The fraction of sp³-hybridized carbons (Fsp3) is 0.116. The van der Waals surface area contributed by atoms with E-state index in [-0.39, 0.29) is 11.8 Å². The number of nitrogens with one attached hydrogen (secondary N) is 2. The number of anilines is 2. The average Bonchev–Trinajstić information content (AvgIpc) is 3.69. The van der Waals surface area contributed by atoms with Crippen molar-refractivity contribution in [2.45, 2.75) is 17.3 Å². The maximum absolute atomic E-state index is 3.44. The molecule has 2 aliphatic carbocycles. The van der Waals surface area contributed by atoms with Crippen LogP contribution in [0.3, 0.4) is 0 Å². The molecule has 1 unspecified atom stereocenters.